The zero-order chi connectivity index (χ0) is 21.7. The average molecular weight is 417 g/mol. The Hall–Kier alpha value is -3.62. The van der Waals surface area contributed by atoms with Crippen molar-refractivity contribution in [3.8, 4) is 0 Å². The molecule has 0 spiro atoms. The molecule has 3 aromatic rings. The van der Waals surface area contributed by atoms with E-state index in [2.05, 4.69) is 10.6 Å². The lowest BCUT2D eigenvalue weighted by Crippen LogP contribution is -2.33. The van der Waals surface area contributed by atoms with E-state index in [-0.39, 0.29) is 30.8 Å². The number of alkyl halides is 3. The van der Waals surface area contributed by atoms with Gasteiger partial charge >= 0.3 is 6.18 Å². The largest absolute Gasteiger partial charge is 0.416 e. The number of carbonyl (C=O) groups excluding carboxylic acids is 2. The van der Waals surface area contributed by atoms with Gasteiger partial charge in [-0.1, -0.05) is 24.3 Å². The van der Waals surface area contributed by atoms with Gasteiger partial charge in [0.05, 0.1) is 5.56 Å². The van der Waals surface area contributed by atoms with Gasteiger partial charge in [-0.2, -0.15) is 13.2 Å². The highest BCUT2D eigenvalue weighted by atomic mass is 19.4. The SMILES string of the molecule is O=C(Cn1ccc2ccccc2c1=O)NCCC(=O)Nc1cccc(C(F)(F)F)c1. The number of fused-ring (bicyclic) bond motifs is 1. The number of nitrogens with one attached hydrogen (secondary N) is 2. The molecule has 3 rings (SSSR count). The van der Waals surface area contributed by atoms with Crippen molar-refractivity contribution in [1.82, 2.24) is 9.88 Å². The standard InChI is InChI=1S/C21H18F3N3O3/c22-21(23,24)15-5-3-6-16(12-15)26-18(28)8-10-25-19(29)13-27-11-9-14-4-1-2-7-17(14)20(27)30/h1-7,9,11-12H,8,10,13H2,(H,25,29)(H,26,28). The molecule has 6 nitrogen and oxygen atoms in total. The average Bonchev–Trinajstić information content (AvgIpc) is 2.70. The first-order valence-corrected chi connectivity index (χ1v) is 9.06. The van der Waals surface area contributed by atoms with Crippen molar-refractivity contribution in [2.24, 2.45) is 0 Å². The van der Waals surface area contributed by atoms with Crippen LogP contribution in [-0.4, -0.2) is 22.9 Å². The molecule has 156 valence electrons. The number of benzene rings is 2. The Balaban J connectivity index is 1.51. The van der Waals surface area contributed by atoms with E-state index in [0.717, 1.165) is 17.5 Å². The molecule has 0 radical (unpaired) electrons. The maximum absolute atomic E-state index is 12.7. The smallest absolute Gasteiger partial charge is 0.354 e. The number of pyridine rings is 1. The highest BCUT2D eigenvalue weighted by molar-refractivity contribution is 5.91. The zero-order valence-corrected chi connectivity index (χ0v) is 15.7. The van der Waals surface area contributed by atoms with Gasteiger partial charge in [-0.3, -0.25) is 14.4 Å². The second-order valence-corrected chi connectivity index (χ2v) is 6.56. The highest BCUT2D eigenvalue weighted by Crippen LogP contribution is 2.30. The summed E-state index contributed by atoms with van der Waals surface area (Å²) < 4.78 is 39.4. The minimum atomic E-state index is -4.50. The van der Waals surface area contributed by atoms with Crippen LogP contribution in [0.15, 0.2) is 65.6 Å². The van der Waals surface area contributed by atoms with Gasteiger partial charge in [0.25, 0.3) is 5.56 Å². The summed E-state index contributed by atoms with van der Waals surface area (Å²) in [5.41, 5.74) is -1.15. The Morgan fingerprint density at radius 1 is 0.967 bits per heavy atom. The van der Waals surface area contributed by atoms with Crippen molar-refractivity contribution < 1.29 is 22.8 Å². The van der Waals surface area contributed by atoms with E-state index in [1.165, 1.54) is 22.9 Å². The Morgan fingerprint density at radius 2 is 1.73 bits per heavy atom. The van der Waals surface area contributed by atoms with Crippen molar-refractivity contribution in [2.75, 3.05) is 11.9 Å². The van der Waals surface area contributed by atoms with E-state index in [4.69, 9.17) is 0 Å². The first kappa shape index (κ1) is 21.1. The summed E-state index contributed by atoms with van der Waals surface area (Å²) in [5, 5.41) is 6.14. The molecule has 2 N–H and O–H groups in total. The van der Waals surface area contributed by atoms with Crippen molar-refractivity contribution in [3.05, 3.63) is 76.7 Å². The Bertz CT molecular complexity index is 1140. The van der Waals surface area contributed by atoms with Crippen LogP contribution in [-0.2, 0) is 22.3 Å². The topological polar surface area (TPSA) is 80.2 Å². The number of halogens is 3. The summed E-state index contributed by atoms with van der Waals surface area (Å²) in [5.74, 6) is -1.00. The van der Waals surface area contributed by atoms with Crippen LogP contribution in [0.4, 0.5) is 18.9 Å². The molecule has 0 saturated carbocycles. The number of aromatic nitrogens is 1. The number of amides is 2. The van der Waals surface area contributed by atoms with E-state index >= 15 is 0 Å². The van der Waals surface area contributed by atoms with E-state index in [1.807, 2.05) is 6.07 Å². The molecule has 0 fully saturated rings. The van der Waals surface area contributed by atoms with Crippen LogP contribution in [0.1, 0.15) is 12.0 Å². The van der Waals surface area contributed by atoms with Gasteiger partial charge in [-0.25, -0.2) is 0 Å². The first-order chi connectivity index (χ1) is 14.2. The van der Waals surface area contributed by atoms with Gasteiger partial charge in [0.2, 0.25) is 11.8 Å². The molecular formula is C21H18F3N3O3. The molecule has 1 heterocycles. The van der Waals surface area contributed by atoms with Gasteiger partial charge in [0.15, 0.2) is 0 Å². The van der Waals surface area contributed by atoms with Crippen LogP contribution < -0.4 is 16.2 Å². The second-order valence-electron chi connectivity index (χ2n) is 6.56. The quantitative estimate of drug-likeness (QED) is 0.647. The minimum Gasteiger partial charge on any atom is -0.354 e. The number of hydrogen-bond donors (Lipinski definition) is 2. The molecule has 0 aliphatic carbocycles. The van der Waals surface area contributed by atoms with Gasteiger partial charge in [0, 0.05) is 30.2 Å². The number of rotatable bonds is 6. The van der Waals surface area contributed by atoms with Crippen LogP contribution in [0, 0.1) is 0 Å². The van der Waals surface area contributed by atoms with Crippen LogP contribution in [0.25, 0.3) is 10.8 Å². The molecule has 9 heteroatoms. The van der Waals surface area contributed by atoms with Crippen molar-refractivity contribution in [2.45, 2.75) is 19.1 Å². The molecular weight excluding hydrogens is 399 g/mol. The number of nitrogens with zero attached hydrogens (tertiary/aromatic N) is 1. The van der Waals surface area contributed by atoms with Crippen molar-refractivity contribution in [3.63, 3.8) is 0 Å². The second kappa shape index (κ2) is 8.81. The molecule has 2 aromatic carbocycles. The predicted molar refractivity (Wildman–Crippen MR) is 106 cm³/mol. The summed E-state index contributed by atoms with van der Waals surface area (Å²) in [4.78, 5) is 36.4. The summed E-state index contributed by atoms with van der Waals surface area (Å²) >= 11 is 0. The Labute approximate surface area is 169 Å². The van der Waals surface area contributed by atoms with E-state index in [0.29, 0.717) is 5.39 Å². The normalized spacial score (nSPS) is 11.3. The predicted octanol–water partition coefficient (Wildman–Crippen LogP) is 3.17. The van der Waals surface area contributed by atoms with E-state index in [9.17, 15) is 27.6 Å². The third-order valence-electron chi connectivity index (χ3n) is 4.35. The summed E-state index contributed by atoms with van der Waals surface area (Å²) in [7, 11) is 0. The summed E-state index contributed by atoms with van der Waals surface area (Å²) in [6.07, 6.45) is -3.12. The van der Waals surface area contributed by atoms with Crippen LogP contribution >= 0.6 is 0 Å². The fraction of sp³-hybridized carbons (Fsp3) is 0.190. The monoisotopic (exact) mass is 417 g/mol. The molecule has 30 heavy (non-hydrogen) atoms. The van der Waals surface area contributed by atoms with Gasteiger partial charge in [0.1, 0.15) is 6.54 Å². The Kier molecular flexibility index (Phi) is 6.20. The minimum absolute atomic E-state index is 0.0175. The molecule has 0 bridgehead atoms. The Morgan fingerprint density at radius 3 is 2.50 bits per heavy atom. The van der Waals surface area contributed by atoms with E-state index < -0.39 is 23.6 Å². The van der Waals surface area contributed by atoms with Gasteiger partial charge < -0.3 is 15.2 Å². The lowest BCUT2D eigenvalue weighted by molar-refractivity contribution is -0.137. The number of hydrogen-bond acceptors (Lipinski definition) is 3. The molecule has 0 atom stereocenters. The fourth-order valence-electron chi connectivity index (χ4n) is 2.88. The lowest BCUT2D eigenvalue weighted by Gasteiger charge is -2.11. The van der Waals surface area contributed by atoms with Gasteiger partial charge in [-0.15, -0.1) is 0 Å². The van der Waals surface area contributed by atoms with Crippen LogP contribution in [0.3, 0.4) is 0 Å². The van der Waals surface area contributed by atoms with Crippen LogP contribution in [0.5, 0.6) is 0 Å². The molecule has 2 amide bonds. The lowest BCUT2D eigenvalue weighted by atomic mass is 10.2. The summed E-state index contributed by atoms with van der Waals surface area (Å²) in [6, 6.07) is 13.0. The molecule has 0 unspecified atom stereocenters. The van der Waals surface area contributed by atoms with Gasteiger partial charge in [-0.05, 0) is 35.7 Å². The van der Waals surface area contributed by atoms with Crippen molar-refractivity contribution in [1.29, 1.82) is 0 Å². The molecule has 0 aliphatic rings. The first-order valence-electron chi connectivity index (χ1n) is 9.06. The third kappa shape index (κ3) is 5.25. The molecule has 0 saturated heterocycles. The number of anilines is 1. The van der Waals surface area contributed by atoms with Crippen LogP contribution in [0.2, 0.25) is 0 Å². The summed E-state index contributed by atoms with van der Waals surface area (Å²) in [6.45, 7) is -0.231. The molecule has 0 aliphatic heterocycles. The third-order valence-corrected chi connectivity index (χ3v) is 4.35. The highest BCUT2D eigenvalue weighted by Gasteiger charge is 2.30. The van der Waals surface area contributed by atoms with Crippen molar-refractivity contribution >= 4 is 28.3 Å². The van der Waals surface area contributed by atoms with E-state index in [1.54, 1.807) is 24.3 Å². The molecule has 1 aromatic heterocycles. The maximum atomic E-state index is 12.7. The fourth-order valence-corrected chi connectivity index (χ4v) is 2.88. The zero-order valence-electron chi connectivity index (χ0n) is 15.7. The number of carbonyl (C=O) groups is 2. The maximum Gasteiger partial charge on any atom is 0.416 e.